The average molecular weight is 524 g/mol. The number of allylic oxidation sites excluding steroid dienone is 2. The minimum Gasteiger partial charge on any atom is -0.493 e. The van der Waals surface area contributed by atoms with Crippen LogP contribution in [0.1, 0.15) is 62.4 Å². The van der Waals surface area contributed by atoms with Gasteiger partial charge in [-0.25, -0.2) is 0 Å². The minimum absolute atomic E-state index is 0.819. The van der Waals surface area contributed by atoms with Crippen molar-refractivity contribution < 1.29 is 14.2 Å². The molecule has 2 rings (SSSR count). The molecule has 0 aliphatic heterocycles. The van der Waals surface area contributed by atoms with Gasteiger partial charge in [-0.05, 0) is 75.3 Å². The number of benzene rings is 2. The number of alkyl halides is 1. The zero-order chi connectivity index (χ0) is 25.8. The van der Waals surface area contributed by atoms with E-state index in [-0.39, 0.29) is 0 Å². The summed E-state index contributed by atoms with van der Waals surface area (Å²) in [6.07, 6.45) is 4.29. The molecule has 0 bridgehead atoms. The Kier molecular flexibility index (Phi) is 21.0. The zero-order valence-corrected chi connectivity index (χ0v) is 24.5. The second-order valence-electron chi connectivity index (χ2n) is 7.22. The van der Waals surface area contributed by atoms with Crippen molar-refractivity contribution in [2.75, 3.05) is 33.3 Å². The van der Waals surface area contributed by atoms with Crippen LogP contribution in [0.25, 0.3) is 0 Å². The lowest BCUT2D eigenvalue weighted by Crippen LogP contribution is -2.04. The molecule has 0 fully saturated rings. The van der Waals surface area contributed by atoms with Crippen LogP contribution in [-0.4, -0.2) is 33.3 Å². The van der Waals surface area contributed by atoms with E-state index in [4.69, 9.17) is 9.47 Å². The zero-order valence-electron chi connectivity index (χ0n) is 22.9. The molecule has 188 valence electrons. The molecule has 0 N–H and O–H groups in total. The maximum absolute atomic E-state index is 5.53. The van der Waals surface area contributed by atoms with Gasteiger partial charge in [-0.1, -0.05) is 78.7 Å². The smallest absolute Gasteiger partial charge is 0.164 e. The Morgan fingerprint density at radius 1 is 0.848 bits per heavy atom. The first-order valence-corrected chi connectivity index (χ1v) is 12.9. The van der Waals surface area contributed by atoms with Crippen LogP contribution in [0.3, 0.4) is 0 Å². The SMILES string of the molecule is CC.CCOC.CCc1ccccc1.COc1c(C)c(C)c(C/C(C)=C/CBr)c(C)c1OC. The predicted molar refractivity (Wildman–Crippen MR) is 150 cm³/mol. The van der Waals surface area contributed by atoms with Crippen molar-refractivity contribution in [2.24, 2.45) is 0 Å². The van der Waals surface area contributed by atoms with Gasteiger partial charge in [0.25, 0.3) is 0 Å². The van der Waals surface area contributed by atoms with Gasteiger partial charge < -0.3 is 14.2 Å². The van der Waals surface area contributed by atoms with Gasteiger partial charge in [0.15, 0.2) is 11.5 Å². The summed E-state index contributed by atoms with van der Waals surface area (Å²) in [6.45, 7) is 17.4. The third-order valence-electron chi connectivity index (χ3n) is 5.18. The van der Waals surface area contributed by atoms with E-state index in [9.17, 15) is 0 Å². The lowest BCUT2D eigenvalue weighted by Gasteiger charge is -2.20. The average Bonchev–Trinajstić information content (AvgIpc) is 2.86. The molecule has 0 atom stereocenters. The molecule has 2 aromatic carbocycles. The first-order valence-electron chi connectivity index (χ1n) is 11.8. The van der Waals surface area contributed by atoms with Crippen molar-refractivity contribution in [2.45, 2.75) is 68.2 Å². The Hall–Kier alpha value is -1.78. The molecule has 3 nitrogen and oxygen atoms in total. The van der Waals surface area contributed by atoms with Gasteiger partial charge in [0.2, 0.25) is 0 Å². The molecule has 0 saturated carbocycles. The maximum atomic E-state index is 5.53. The molecule has 0 aromatic heterocycles. The standard InChI is InChI=1S/C16H23BrO2.C8H10.C3H8O.C2H6/c1-10(7-8-17)9-14-11(2)12(3)15(18-5)16(19-6)13(14)4;1-2-8-6-4-3-5-7-8;1-3-4-2;1-2/h7H,8-9H2,1-6H3;3-7H,2H2,1H3;3H2,1-2H3;1-2H3/b10-7+;;;. The highest BCUT2D eigenvalue weighted by Crippen LogP contribution is 2.39. The van der Waals surface area contributed by atoms with Crippen molar-refractivity contribution >= 4 is 15.9 Å². The third-order valence-corrected chi connectivity index (χ3v) is 5.51. The fourth-order valence-electron chi connectivity index (χ4n) is 3.11. The van der Waals surface area contributed by atoms with E-state index >= 15 is 0 Å². The summed E-state index contributed by atoms with van der Waals surface area (Å²) in [5.41, 5.74) is 7.72. The number of hydrogen-bond donors (Lipinski definition) is 0. The number of ether oxygens (including phenoxy) is 3. The number of rotatable bonds is 7. The normalized spacial score (nSPS) is 10.0. The van der Waals surface area contributed by atoms with Crippen molar-refractivity contribution in [1.29, 1.82) is 0 Å². The number of methoxy groups -OCH3 is 3. The lowest BCUT2D eigenvalue weighted by atomic mass is 9.92. The molecule has 0 spiro atoms. The minimum atomic E-state index is 0.819. The van der Waals surface area contributed by atoms with Crippen LogP contribution in [-0.2, 0) is 17.6 Å². The summed E-state index contributed by atoms with van der Waals surface area (Å²) < 4.78 is 15.6. The summed E-state index contributed by atoms with van der Waals surface area (Å²) in [5, 5.41) is 0.892. The van der Waals surface area contributed by atoms with Gasteiger partial charge in [0.1, 0.15) is 0 Å². The summed E-state index contributed by atoms with van der Waals surface area (Å²) in [6, 6.07) is 10.5. The topological polar surface area (TPSA) is 27.7 Å². The molecule has 0 heterocycles. The molecule has 0 unspecified atom stereocenters. The molecule has 0 aliphatic rings. The maximum Gasteiger partial charge on any atom is 0.164 e. The predicted octanol–water partition coefficient (Wildman–Crippen LogP) is 8.44. The summed E-state index contributed by atoms with van der Waals surface area (Å²) in [7, 11) is 5.07. The van der Waals surface area contributed by atoms with Crippen molar-refractivity contribution in [3.05, 3.63) is 69.8 Å². The van der Waals surface area contributed by atoms with Crippen LogP contribution >= 0.6 is 15.9 Å². The second kappa shape index (κ2) is 20.8. The summed E-state index contributed by atoms with van der Waals surface area (Å²) in [5.74, 6) is 1.70. The molecule has 0 amide bonds. The Morgan fingerprint density at radius 2 is 1.33 bits per heavy atom. The van der Waals surface area contributed by atoms with E-state index in [1.165, 1.54) is 27.8 Å². The van der Waals surface area contributed by atoms with Crippen LogP contribution in [0.15, 0.2) is 42.0 Å². The molecular formula is C29H47BrO3. The highest BCUT2D eigenvalue weighted by Gasteiger charge is 2.18. The van der Waals surface area contributed by atoms with E-state index in [1.54, 1.807) is 21.3 Å². The third kappa shape index (κ3) is 12.3. The Labute approximate surface area is 212 Å². The Balaban J connectivity index is 0. The fourth-order valence-corrected chi connectivity index (χ4v) is 3.66. The Morgan fingerprint density at radius 3 is 1.70 bits per heavy atom. The molecule has 0 saturated heterocycles. The lowest BCUT2D eigenvalue weighted by molar-refractivity contribution is 0.215. The number of halogens is 1. The Bertz CT molecular complexity index is 781. The van der Waals surface area contributed by atoms with Crippen LogP contribution in [0.2, 0.25) is 0 Å². The molecule has 0 radical (unpaired) electrons. The van der Waals surface area contributed by atoms with Gasteiger partial charge >= 0.3 is 0 Å². The highest BCUT2D eigenvalue weighted by molar-refractivity contribution is 9.09. The monoisotopic (exact) mass is 522 g/mol. The van der Waals surface area contributed by atoms with E-state index in [0.717, 1.165) is 41.8 Å². The molecule has 33 heavy (non-hydrogen) atoms. The van der Waals surface area contributed by atoms with E-state index in [2.05, 4.69) is 85.6 Å². The quantitative estimate of drug-likeness (QED) is 0.269. The summed E-state index contributed by atoms with van der Waals surface area (Å²) >= 11 is 3.44. The van der Waals surface area contributed by atoms with Crippen molar-refractivity contribution in [3.8, 4) is 11.5 Å². The van der Waals surface area contributed by atoms with Crippen LogP contribution in [0, 0.1) is 20.8 Å². The molecule has 4 heteroatoms. The van der Waals surface area contributed by atoms with Crippen LogP contribution in [0.4, 0.5) is 0 Å². The largest absolute Gasteiger partial charge is 0.493 e. The second-order valence-corrected chi connectivity index (χ2v) is 7.87. The van der Waals surface area contributed by atoms with E-state index < -0.39 is 0 Å². The summed E-state index contributed by atoms with van der Waals surface area (Å²) in [4.78, 5) is 0. The first kappa shape index (κ1) is 33.4. The molecule has 2 aromatic rings. The van der Waals surface area contributed by atoms with E-state index in [1.807, 2.05) is 26.8 Å². The fraction of sp³-hybridized carbons (Fsp3) is 0.517. The van der Waals surface area contributed by atoms with E-state index in [0.29, 0.717) is 0 Å². The van der Waals surface area contributed by atoms with Crippen LogP contribution in [0.5, 0.6) is 11.5 Å². The van der Waals surface area contributed by atoms with Crippen molar-refractivity contribution in [1.82, 2.24) is 0 Å². The van der Waals surface area contributed by atoms with Crippen molar-refractivity contribution in [3.63, 3.8) is 0 Å². The van der Waals surface area contributed by atoms with Crippen LogP contribution < -0.4 is 9.47 Å². The molecular weight excluding hydrogens is 476 g/mol. The van der Waals surface area contributed by atoms with Gasteiger partial charge in [0.05, 0.1) is 14.2 Å². The first-order chi connectivity index (χ1) is 15.8. The number of aryl methyl sites for hydroxylation is 1. The van der Waals surface area contributed by atoms with Gasteiger partial charge in [-0.3, -0.25) is 0 Å². The number of hydrogen-bond acceptors (Lipinski definition) is 3. The van der Waals surface area contributed by atoms with Gasteiger partial charge in [-0.2, -0.15) is 0 Å². The molecule has 0 aliphatic carbocycles. The van der Waals surface area contributed by atoms with Gasteiger partial charge in [-0.15, -0.1) is 0 Å². The highest BCUT2D eigenvalue weighted by atomic mass is 79.9. The van der Waals surface area contributed by atoms with Gasteiger partial charge in [0, 0.05) is 19.0 Å².